The Labute approximate surface area is 119 Å². The molecule has 0 atom stereocenters. The zero-order valence-electron chi connectivity index (χ0n) is 10.1. The SMILES string of the molecule is O=C(Nc1ccc(Cl)cc1)Nc1cc(O)c(O)c(O)c1. The van der Waals surface area contributed by atoms with Gasteiger partial charge in [0.15, 0.2) is 17.2 Å². The minimum atomic E-state index is -0.645. The lowest BCUT2D eigenvalue weighted by Crippen LogP contribution is -2.19. The zero-order chi connectivity index (χ0) is 14.7. The molecule has 0 saturated heterocycles. The topological polar surface area (TPSA) is 102 Å². The molecule has 0 aliphatic carbocycles. The van der Waals surface area contributed by atoms with E-state index in [1.54, 1.807) is 24.3 Å². The number of rotatable bonds is 2. The Morgan fingerprint density at radius 1 is 0.900 bits per heavy atom. The number of phenolic OH excluding ortho intramolecular Hbond substituents is 3. The highest BCUT2D eigenvalue weighted by atomic mass is 35.5. The minimum Gasteiger partial charge on any atom is -0.504 e. The molecule has 2 aromatic carbocycles. The van der Waals surface area contributed by atoms with Crippen LogP contribution in [0.5, 0.6) is 17.2 Å². The number of urea groups is 1. The van der Waals surface area contributed by atoms with Gasteiger partial charge in [0.05, 0.1) is 5.69 Å². The van der Waals surface area contributed by atoms with Crippen LogP contribution in [0.1, 0.15) is 0 Å². The molecule has 104 valence electrons. The molecule has 0 saturated carbocycles. The van der Waals surface area contributed by atoms with E-state index in [1.807, 2.05) is 0 Å². The number of aromatic hydroxyl groups is 3. The molecule has 2 rings (SSSR count). The number of halogens is 1. The Balaban J connectivity index is 2.06. The molecular formula is C13H11ClN2O4. The third-order valence-corrected chi connectivity index (χ3v) is 2.68. The summed E-state index contributed by atoms with van der Waals surface area (Å²) < 4.78 is 0. The standard InChI is InChI=1S/C13H11ClN2O4/c14-7-1-3-8(4-2-7)15-13(20)16-9-5-10(17)12(19)11(18)6-9/h1-6,17-19H,(H2,15,16,20). The molecule has 0 radical (unpaired) electrons. The third-order valence-electron chi connectivity index (χ3n) is 2.43. The van der Waals surface area contributed by atoms with E-state index in [0.29, 0.717) is 10.7 Å². The number of phenols is 3. The highest BCUT2D eigenvalue weighted by Gasteiger charge is 2.10. The summed E-state index contributed by atoms with van der Waals surface area (Å²) in [5.41, 5.74) is 0.656. The first-order valence-corrected chi connectivity index (χ1v) is 5.92. The van der Waals surface area contributed by atoms with Crippen molar-refractivity contribution >= 4 is 29.0 Å². The Morgan fingerprint density at radius 3 is 1.95 bits per heavy atom. The number of nitrogens with one attached hydrogen (secondary N) is 2. The average Bonchev–Trinajstić information content (AvgIpc) is 2.38. The van der Waals surface area contributed by atoms with Crippen molar-refractivity contribution in [3.8, 4) is 17.2 Å². The van der Waals surface area contributed by atoms with E-state index in [4.69, 9.17) is 11.6 Å². The molecule has 7 heteroatoms. The molecule has 2 aromatic rings. The van der Waals surface area contributed by atoms with Crippen LogP contribution >= 0.6 is 11.6 Å². The lowest BCUT2D eigenvalue weighted by atomic mass is 10.2. The highest BCUT2D eigenvalue weighted by molar-refractivity contribution is 6.30. The number of anilines is 2. The van der Waals surface area contributed by atoms with E-state index in [0.717, 1.165) is 12.1 Å². The fourth-order valence-corrected chi connectivity index (χ4v) is 1.63. The van der Waals surface area contributed by atoms with Crippen LogP contribution < -0.4 is 10.6 Å². The van der Waals surface area contributed by atoms with E-state index >= 15 is 0 Å². The molecule has 2 amide bonds. The molecule has 6 nitrogen and oxygen atoms in total. The van der Waals surface area contributed by atoms with Gasteiger partial charge in [-0.3, -0.25) is 0 Å². The first kappa shape index (κ1) is 13.8. The summed E-state index contributed by atoms with van der Waals surface area (Å²) in [7, 11) is 0. The first-order valence-electron chi connectivity index (χ1n) is 5.54. The monoisotopic (exact) mass is 294 g/mol. The Morgan fingerprint density at radius 2 is 1.40 bits per heavy atom. The molecule has 0 aliphatic rings. The van der Waals surface area contributed by atoms with Gasteiger partial charge in [-0.05, 0) is 24.3 Å². The molecule has 0 fully saturated rings. The summed E-state index contributed by atoms with van der Waals surface area (Å²) in [4.78, 5) is 11.7. The Hall–Kier alpha value is -2.60. The molecule has 20 heavy (non-hydrogen) atoms. The van der Waals surface area contributed by atoms with Crippen molar-refractivity contribution in [3.05, 3.63) is 41.4 Å². The Kier molecular flexibility index (Phi) is 3.86. The lowest BCUT2D eigenvalue weighted by molar-refractivity contribution is 0.262. The van der Waals surface area contributed by atoms with Crippen molar-refractivity contribution in [1.29, 1.82) is 0 Å². The van der Waals surface area contributed by atoms with E-state index in [2.05, 4.69) is 10.6 Å². The summed E-state index contributed by atoms with van der Waals surface area (Å²) in [5, 5.41) is 33.3. The van der Waals surface area contributed by atoms with Crippen LogP contribution in [-0.4, -0.2) is 21.4 Å². The van der Waals surface area contributed by atoms with Gasteiger partial charge in [-0.25, -0.2) is 4.79 Å². The molecular weight excluding hydrogens is 284 g/mol. The average molecular weight is 295 g/mol. The largest absolute Gasteiger partial charge is 0.504 e. The van der Waals surface area contributed by atoms with Crippen LogP contribution in [0.2, 0.25) is 5.02 Å². The van der Waals surface area contributed by atoms with E-state index in [-0.39, 0.29) is 5.69 Å². The fourth-order valence-electron chi connectivity index (χ4n) is 1.50. The van der Waals surface area contributed by atoms with Crippen molar-refractivity contribution < 1.29 is 20.1 Å². The maximum absolute atomic E-state index is 11.7. The van der Waals surface area contributed by atoms with Crippen LogP contribution in [0.4, 0.5) is 16.2 Å². The van der Waals surface area contributed by atoms with Crippen molar-refractivity contribution in [3.63, 3.8) is 0 Å². The number of carbonyl (C=O) groups is 1. The number of carbonyl (C=O) groups excluding carboxylic acids is 1. The second kappa shape index (κ2) is 5.58. The third kappa shape index (κ3) is 3.24. The lowest BCUT2D eigenvalue weighted by Gasteiger charge is -2.09. The Bertz CT molecular complexity index is 620. The summed E-state index contributed by atoms with van der Waals surface area (Å²) in [6.07, 6.45) is 0. The van der Waals surface area contributed by atoms with Gasteiger partial charge in [0, 0.05) is 22.8 Å². The molecule has 0 bridgehead atoms. The maximum Gasteiger partial charge on any atom is 0.323 e. The van der Waals surface area contributed by atoms with Gasteiger partial charge in [-0.15, -0.1) is 0 Å². The zero-order valence-corrected chi connectivity index (χ0v) is 10.8. The van der Waals surface area contributed by atoms with Crippen LogP contribution in [0, 0.1) is 0 Å². The van der Waals surface area contributed by atoms with Crippen molar-refractivity contribution in [1.82, 2.24) is 0 Å². The van der Waals surface area contributed by atoms with Gasteiger partial charge in [0.1, 0.15) is 0 Å². The van der Waals surface area contributed by atoms with Gasteiger partial charge in [-0.1, -0.05) is 11.6 Å². The quantitative estimate of drug-likeness (QED) is 0.434. The summed E-state index contributed by atoms with van der Waals surface area (Å²) in [6, 6.07) is 8.12. The number of amides is 2. The van der Waals surface area contributed by atoms with Crippen LogP contribution in [0.3, 0.4) is 0 Å². The maximum atomic E-state index is 11.7. The van der Waals surface area contributed by atoms with Gasteiger partial charge < -0.3 is 26.0 Å². The van der Waals surface area contributed by atoms with Crippen LogP contribution in [-0.2, 0) is 0 Å². The second-order valence-electron chi connectivity index (χ2n) is 3.95. The van der Waals surface area contributed by atoms with Gasteiger partial charge in [0.2, 0.25) is 0 Å². The number of benzene rings is 2. The molecule has 0 aliphatic heterocycles. The smallest absolute Gasteiger partial charge is 0.323 e. The second-order valence-corrected chi connectivity index (χ2v) is 4.39. The molecule has 0 spiro atoms. The summed E-state index contributed by atoms with van der Waals surface area (Å²) in [6.45, 7) is 0. The normalized spacial score (nSPS) is 10.1. The predicted molar refractivity (Wildman–Crippen MR) is 75.5 cm³/mol. The van der Waals surface area contributed by atoms with Crippen molar-refractivity contribution in [2.24, 2.45) is 0 Å². The van der Waals surface area contributed by atoms with Gasteiger partial charge in [0.25, 0.3) is 0 Å². The van der Waals surface area contributed by atoms with Crippen molar-refractivity contribution in [2.45, 2.75) is 0 Å². The summed E-state index contributed by atoms with van der Waals surface area (Å²) >= 11 is 5.72. The predicted octanol–water partition coefficient (Wildman–Crippen LogP) is 3.10. The minimum absolute atomic E-state index is 0.129. The molecule has 0 unspecified atom stereocenters. The summed E-state index contributed by atoms with van der Waals surface area (Å²) in [5.74, 6) is -1.72. The van der Waals surface area contributed by atoms with E-state index in [9.17, 15) is 20.1 Å². The van der Waals surface area contributed by atoms with E-state index < -0.39 is 23.3 Å². The van der Waals surface area contributed by atoms with Gasteiger partial charge >= 0.3 is 6.03 Å². The fraction of sp³-hybridized carbons (Fsp3) is 0. The van der Waals surface area contributed by atoms with Crippen LogP contribution in [0.25, 0.3) is 0 Å². The van der Waals surface area contributed by atoms with Crippen molar-refractivity contribution in [2.75, 3.05) is 10.6 Å². The number of hydrogen-bond acceptors (Lipinski definition) is 4. The number of hydrogen-bond donors (Lipinski definition) is 5. The van der Waals surface area contributed by atoms with Crippen LogP contribution in [0.15, 0.2) is 36.4 Å². The first-order chi connectivity index (χ1) is 9.45. The highest BCUT2D eigenvalue weighted by Crippen LogP contribution is 2.37. The van der Waals surface area contributed by atoms with Gasteiger partial charge in [-0.2, -0.15) is 0 Å². The molecule has 0 aromatic heterocycles. The molecule has 0 heterocycles. The molecule has 5 N–H and O–H groups in total. The van der Waals surface area contributed by atoms with E-state index in [1.165, 1.54) is 0 Å².